The average Bonchev–Trinajstić information content (AvgIpc) is 2.48. The zero-order valence-corrected chi connectivity index (χ0v) is 18.2. The molecule has 0 bridgehead atoms. The first-order valence-corrected chi connectivity index (χ1v) is 10.4. The first kappa shape index (κ1) is 24.4. The second kappa shape index (κ2) is 12.7. The summed E-state index contributed by atoms with van der Waals surface area (Å²) in [5.41, 5.74) is 5.30. The fourth-order valence-electron chi connectivity index (χ4n) is 2.66. The highest BCUT2D eigenvalue weighted by Crippen LogP contribution is 2.19. The maximum atomic E-state index is 11.1. The van der Waals surface area contributed by atoms with Crippen molar-refractivity contribution in [2.45, 2.75) is 26.2 Å². The van der Waals surface area contributed by atoms with Crippen molar-refractivity contribution in [2.75, 3.05) is 51.4 Å². The molecule has 0 aromatic carbocycles. The molecule has 1 rings (SSSR count). The van der Waals surface area contributed by atoms with Crippen molar-refractivity contribution in [3.63, 3.8) is 0 Å². The van der Waals surface area contributed by atoms with E-state index in [4.69, 9.17) is 10.5 Å². The first-order valence-electron chi connectivity index (χ1n) is 8.39. The highest BCUT2D eigenvalue weighted by Gasteiger charge is 2.23. The summed E-state index contributed by atoms with van der Waals surface area (Å²) < 4.78 is 27.3. The van der Waals surface area contributed by atoms with Gasteiger partial charge in [0.05, 0.1) is 25.5 Å². The summed E-state index contributed by atoms with van der Waals surface area (Å²) in [5, 5.41) is 3.25. The number of guanidine groups is 1. The molecule has 0 aromatic heterocycles. The van der Waals surface area contributed by atoms with Gasteiger partial charge in [0.2, 0.25) is 5.91 Å². The molecule has 0 aromatic rings. The maximum Gasteiger partial charge on any atom is 0.217 e. The Morgan fingerprint density at radius 2 is 2.12 bits per heavy atom. The summed E-state index contributed by atoms with van der Waals surface area (Å²) in [6, 6.07) is 0. The van der Waals surface area contributed by atoms with Crippen LogP contribution in [0.3, 0.4) is 0 Å². The SMILES string of the molecule is CCNC(=NCCOCCS(C)(=O)=O)N1CCCC(CC(N)=O)C1.I. The van der Waals surface area contributed by atoms with Gasteiger partial charge in [-0.3, -0.25) is 9.79 Å². The number of hydrogen-bond donors (Lipinski definition) is 2. The normalized spacial score (nSPS) is 18.6. The minimum atomic E-state index is -2.99. The Balaban J connectivity index is 0.00000576. The summed E-state index contributed by atoms with van der Waals surface area (Å²) in [5.74, 6) is 0.838. The summed E-state index contributed by atoms with van der Waals surface area (Å²) in [6.07, 6.45) is 3.61. The fourth-order valence-corrected chi connectivity index (χ4v) is 3.08. The highest BCUT2D eigenvalue weighted by molar-refractivity contribution is 14.0. The lowest BCUT2D eigenvalue weighted by molar-refractivity contribution is -0.119. The van der Waals surface area contributed by atoms with Crippen LogP contribution < -0.4 is 11.1 Å². The van der Waals surface area contributed by atoms with Gasteiger partial charge in [0.1, 0.15) is 9.84 Å². The molecular formula is C15H31IN4O4S. The predicted molar refractivity (Wildman–Crippen MR) is 110 cm³/mol. The predicted octanol–water partition coefficient (Wildman–Crippen LogP) is 0.219. The largest absolute Gasteiger partial charge is 0.378 e. The van der Waals surface area contributed by atoms with Crippen LogP contribution in [-0.4, -0.2) is 76.6 Å². The van der Waals surface area contributed by atoms with Gasteiger partial charge in [0.15, 0.2) is 5.96 Å². The molecule has 3 N–H and O–H groups in total. The molecule has 1 unspecified atom stereocenters. The Bertz CT molecular complexity index is 528. The Morgan fingerprint density at radius 1 is 1.40 bits per heavy atom. The quantitative estimate of drug-likeness (QED) is 0.207. The summed E-state index contributed by atoms with van der Waals surface area (Å²) in [7, 11) is -2.99. The Kier molecular flexibility index (Phi) is 12.4. The van der Waals surface area contributed by atoms with Gasteiger partial charge < -0.3 is 20.7 Å². The molecule has 1 fully saturated rings. The lowest BCUT2D eigenvalue weighted by Crippen LogP contribution is -2.47. The Hall–Kier alpha value is -0.620. The molecule has 1 heterocycles. The van der Waals surface area contributed by atoms with Crippen molar-refractivity contribution < 1.29 is 17.9 Å². The van der Waals surface area contributed by atoms with E-state index >= 15 is 0 Å². The number of carbonyl (C=O) groups is 1. The van der Waals surface area contributed by atoms with E-state index in [1.54, 1.807) is 0 Å². The minimum Gasteiger partial charge on any atom is -0.378 e. The molecule has 8 nitrogen and oxygen atoms in total. The second-order valence-corrected chi connectivity index (χ2v) is 8.36. The van der Waals surface area contributed by atoms with Gasteiger partial charge in [0.25, 0.3) is 0 Å². The minimum absolute atomic E-state index is 0. The van der Waals surface area contributed by atoms with Gasteiger partial charge in [-0.15, -0.1) is 24.0 Å². The standard InChI is InChI=1S/C15H30N4O4S.HI/c1-3-17-15(18-6-8-23-9-10-24(2,21)22)19-7-4-5-13(12-19)11-14(16)20;/h13H,3-12H2,1-2H3,(H2,16,20)(H,17,18);1H. The number of nitrogens with two attached hydrogens (primary N) is 1. The number of aliphatic imine (C=N–C) groups is 1. The van der Waals surface area contributed by atoms with E-state index < -0.39 is 9.84 Å². The molecule has 1 amide bonds. The number of piperidine rings is 1. The third kappa shape index (κ3) is 11.6. The third-order valence-corrected chi connectivity index (χ3v) is 4.65. The van der Waals surface area contributed by atoms with Crippen molar-refractivity contribution in [3.8, 4) is 0 Å². The van der Waals surface area contributed by atoms with Crippen LogP contribution in [0.4, 0.5) is 0 Å². The van der Waals surface area contributed by atoms with Crippen LogP contribution in [0.2, 0.25) is 0 Å². The van der Waals surface area contributed by atoms with Crippen molar-refractivity contribution in [1.29, 1.82) is 0 Å². The van der Waals surface area contributed by atoms with Gasteiger partial charge in [-0.2, -0.15) is 0 Å². The molecule has 10 heteroatoms. The number of hydrogen-bond acceptors (Lipinski definition) is 5. The lowest BCUT2D eigenvalue weighted by atomic mass is 9.95. The van der Waals surface area contributed by atoms with Gasteiger partial charge in [-0.05, 0) is 25.7 Å². The molecule has 0 radical (unpaired) electrons. The van der Waals surface area contributed by atoms with Crippen LogP contribution >= 0.6 is 24.0 Å². The first-order chi connectivity index (χ1) is 11.3. The average molecular weight is 490 g/mol. The van der Waals surface area contributed by atoms with Gasteiger partial charge >= 0.3 is 0 Å². The van der Waals surface area contributed by atoms with Crippen molar-refractivity contribution in [1.82, 2.24) is 10.2 Å². The van der Waals surface area contributed by atoms with Crippen molar-refractivity contribution in [2.24, 2.45) is 16.6 Å². The van der Waals surface area contributed by atoms with Crippen LogP contribution in [0.25, 0.3) is 0 Å². The van der Waals surface area contributed by atoms with Gasteiger partial charge in [-0.25, -0.2) is 8.42 Å². The summed E-state index contributed by atoms with van der Waals surface area (Å²) >= 11 is 0. The lowest BCUT2D eigenvalue weighted by Gasteiger charge is -2.34. The van der Waals surface area contributed by atoms with Crippen LogP contribution in [0.5, 0.6) is 0 Å². The number of halogens is 1. The van der Waals surface area contributed by atoms with E-state index in [0.717, 1.165) is 38.4 Å². The van der Waals surface area contributed by atoms with Crippen LogP contribution in [0.1, 0.15) is 26.2 Å². The second-order valence-electron chi connectivity index (χ2n) is 6.10. The van der Waals surface area contributed by atoms with Crippen molar-refractivity contribution >= 4 is 45.7 Å². The number of sulfone groups is 1. The monoisotopic (exact) mass is 490 g/mol. The van der Waals surface area contributed by atoms with Gasteiger partial charge in [0, 0.05) is 32.3 Å². The zero-order chi connectivity index (χ0) is 18.0. The third-order valence-electron chi connectivity index (χ3n) is 3.74. The van der Waals surface area contributed by atoms with Crippen molar-refractivity contribution in [3.05, 3.63) is 0 Å². The van der Waals surface area contributed by atoms with Crippen LogP contribution in [0, 0.1) is 5.92 Å². The number of ether oxygens (including phenoxy) is 1. The number of carbonyl (C=O) groups excluding carboxylic acids is 1. The van der Waals surface area contributed by atoms with E-state index in [1.807, 2.05) is 6.92 Å². The number of nitrogens with zero attached hydrogens (tertiary/aromatic N) is 2. The molecule has 1 saturated heterocycles. The molecular weight excluding hydrogens is 459 g/mol. The van der Waals surface area contributed by atoms with E-state index in [2.05, 4.69) is 15.2 Å². The smallest absolute Gasteiger partial charge is 0.217 e. The zero-order valence-electron chi connectivity index (χ0n) is 15.1. The number of rotatable bonds is 9. The Morgan fingerprint density at radius 3 is 2.72 bits per heavy atom. The summed E-state index contributed by atoms with van der Waals surface area (Å²) in [6.45, 7) is 5.45. The Labute approximate surface area is 167 Å². The number of likely N-dealkylation sites (tertiary alicyclic amines) is 1. The van der Waals surface area contributed by atoms with E-state index in [0.29, 0.717) is 19.6 Å². The van der Waals surface area contributed by atoms with Gasteiger partial charge in [-0.1, -0.05) is 0 Å². The van der Waals surface area contributed by atoms with Crippen LogP contribution in [0.15, 0.2) is 4.99 Å². The molecule has 0 spiro atoms. The summed E-state index contributed by atoms with van der Waals surface area (Å²) in [4.78, 5) is 17.8. The molecule has 148 valence electrons. The molecule has 1 aliphatic heterocycles. The van der Waals surface area contributed by atoms with Crippen LogP contribution in [-0.2, 0) is 19.4 Å². The number of primary amides is 1. The van der Waals surface area contributed by atoms with E-state index in [1.165, 1.54) is 6.26 Å². The molecule has 25 heavy (non-hydrogen) atoms. The van der Waals surface area contributed by atoms with E-state index in [-0.39, 0.29) is 48.2 Å². The maximum absolute atomic E-state index is 11.1. The molecule has 1 atom stereocenters. The number of nitrogens with one attached hydrogen (secondary N) is 1. The fraction of sp³-hybridized carbons (Fsp3) is 0.867. The topological polar surface area (TPSA) is 114 Å². The molecule has 1 aliphatic rings. The molecule has 0 aliphatic carbocycles. The molecule has 0 saturated carbocycles. The number of amides is 1. The van der Waals surface area contributed by atoms with E-state index in [9.17, 15) is 13.2 Å². The highest BCUT2D eigenvalue weighted by atomic mass is 127.